The van der Waals surface area contributed by atoms with Crippen molar-refractivity contribution >= 4 is 16.0 Å². The van der Waals surface area contributed by atoms with Crippen LogP contribution in [0.2, 0.25) is 0 Å². The summed E-state index contributed by atoms with van der Waals surface area (Å²) in [7, 11) is -3.79. The summed E-state index contributed by atoms with van der Waals surface area (Å²) in [6.07, 6.45) is 5.85. The van der Waals surface area contributed by atoms with Crippen LogP contribution in [0.5, 0.6) is 0 Å². The van der Waals surface area contributed by atoms with E-state index in [2.05, 4.69) is 11.0 Å². The van der Waals surface area contributed by atoms with E-state index in [1.807, 2.05) is 6.92 Å². The van der Waals surface area contributed by atoms with Crippen molar-refractivity contribution in [3.05, 3.63) is 11.4 Å². The van der Waals surface area contributed by atoms with E-state index in [0.717, 1.165) is 0 Å². The van der Waals surface area contributed by atoms with Gasteiger partial charge < -0.3 is 5.11 Å². The van der Waals surface area contributed by atoms with Gasteiger partial charge in [0.05, 0.1) is 17.9 Å². The average molecular weight is 313 g/mol. The monoisotopic (exact) mass is 313 g/mol. The van der Waals surface area contributed by atoms with Gasteiger partial charge in [0, 0.05) is 6.54 Å². The van der Waals surface area contributed by atoms with Crippen molar-refractivity contribution in [3.63, 3.8) is 0 Å². The van der Waals surface area contributed by atoms with Crippen LogP contribution in [0.1, 0.15) is 24.7 Å². The highest BCUT2D eigenvalue weighted by Gasteiger charge is 2.30. The zero-order chi connectivity index (χ0) is 16.2. The van der Waals surface area contributed by atoms with Gasteiger partial charge in [0.15, 0.2) is 0 Å². The molecule has 1 rings (SSSR count). The number of rotatable bonds is 7. The van der Waals surface area contributed by atoms with E-state index in [9.17, 15) is 13.2 Å². The molecule has 0 aliphatic heterocycles. The largest absolute Gasteiger partial charge is 0.480 e. The van der Waals surface area contributed by atoms with Gasteiger partial charge in [-0.15, -0.1) is 6.42 Å². The van der Waals surface area contributed by atoms with Crippen LogP contribution in [0.25, 0.3) is 0 Å². The molecule has 1 N–H and O–H groups in total. The summed E-state index contributed by atoms with van der Waals surface area (Å²) >= 11 is 0. The van der Waals surface area contributed by atoms with Crippen LogP contribution >= 0.6 is 0 Å². The number of nitrogens with zero attached hydrogens (tertiary/aromatic N) is 3. The second-order valence-corrected chi connectivity index (χ2v) is 6.47. The molecule has 0 aliphatic carbocycles. The zero-order valence-corrected chi connectivity index (χ0v) is 13.1. The first-order chi connectivity index (χ1) is 9.75. The molecule has 0 fully saturated rings. The number of sulfonamides is 1. The fraction of sp³-hybridized carbons (Fsp3) is 0.538. The van der Waals surface area contributed by atoms with Crippen molar-refractivity contribution in [2.24, 2.45) is 0 Å². The first-order valence-electron chi connectivity index (χ1n) is 6.45. The van der Waals surface area contributed by atoms with Gasteiger partial charge in [-0.1, -0.05) is 12.8 Å². The molecule has 116 valence electrons. The molecule has 0 amide bonds. The lowest BCUT2D eigenvalue weighted by Crippen LogP contribution is -2.33. The molecule has 0 atom stereocenters. The third kappa shape index (κ3) is 3.62. The summed E-state index contributed by atoms with van der Waals surface area (Å²) in [4.78, 5) is 10.8. The number of terminal acetylenes is 1. The Kier molecular flexibility index (Phi) is 5.52. The summed E-state index contributed by atoms with van der Waals surface area (Å²) in [6, 6.07) is 0. The first-order valence-corrected chi connectivity index (χ1v) is 7.89. The van der Waals surface area contributed by atoms with E-state index in [0.29, 0.717) is 18.7 Å². The highest BCUT2D eigenvalue weighted by molar-refractivity contribution is 7.89. The molecule has 21 heavy (non-hydrogen) atoms. The topological polar surface area (TPSA) is 92.5 Å². The maximum atomic E-state index is 12.7. The molecule has 0 saturated carbocycles. The summed E-state index contributed by atoms with van der Waals surface area (Å²) in [6.45, 7) is 4.82. The van der Waals surface area contributed by atoms with Crippen LogP contribution in [-0.4, -0.2) is 46.7 Å². The Bertz CT molecular complexity index is 670. The van der Waals surface area contributed by atoms with Crippen LogP contribution in [0.3, 0.4) is 0 Å². The van der Waals surface area contributed by atoms with Gasteiger partial charge >= 0.3 is 5.97 Å². The maximum Gasteiger partial charge on any atom is 0.325 e. The Morgan fingerprint density at radius 1 is 1.48 bits per heavy atom. The van der Waals surface area contributed by atoms with Gasteiger partial charge in [-0.25, -0.2) is 8.42 Å². The van der Waals surface area contributed by atoms with E-state index in [1.165, 1.54) is 22.8 Å². The fourth-order valence-corrected chi connectivity index (χ4v) is 3.92. The predicted molar refractivity (Wildman–Crippen MR) is 77.2 cm³/mol. The van der Waals surface area contributed by atoms with Crippen LogP contribution in [0.15, 0.2) is 4.90 Å². The number of hydrogen-bond acceptors (Lipinski definition) is 4. The quantitative estimate of drug-likeness (QED) is 0.745. The minimum absolute atomic E-state index is 0.0286. The number of carboxylic acid groups (broad SMARTS) is 1. The molecule has 0 aliphatic rings. The summed E-state index contributed by atoms with van der Waals surface area (Å²) in [5, 5.41) is 12.8. The van der Waals surface area contributed by atoms with E-state index in [-0.39, 0.29) is 23.7 Å². The Hall–Kier alpha value is -1.85. The van der Waals surface area contributed by atoms with E-state index in [1.54, 1.807) is 0 Å². The standard InChI is InChI=1S/C13H19N3O4S/c1-5-7-15(8-6-2)21(19,20)13-10(3)14-16(11(13)4)9-12(17)18/h1H,6-9H2,2-4H3,(H,17,18). The molecule has 0 bridgehead atoms. The van der Waals surface area contributed by atoms with Crippen LogP contribution < -0.4 is 0 Å². The number of carbonyl (C=O) groups is 1. The third-order valence-electron chi connectivity index (χ3n) is 2.94. The van der Waals surface area contributed by atoms with Crippen molar-refractivity contribution in [3.8, 4) is 12.3 Å². The van der Waals surface area contributed by atoms with Crippen molar-refractivity contribution in [1.29, 1.82) is 0 Å². The molecule has 0 spiro atoms. The van der Waals surface area contributed by atoms with Gasteiger partial charge in [0.1, 0.15) is 11.4 Å². The smallest absolute Gasteiger partial charge is 0.325 e. The number of carboxylic acids is 1. The number of aromatic nitrogens is 2. The van der Waals surface area contributed by atoms with Crippen molar-refractivity contribution in [1.82, 2.24) is 14.1 Å². The molecule has 8 heteroatoms. The highest BCUT2D eigenvalue weighted by atomic mass is 32.2. The molecule has 0 unspecified atom stereocenters. The lowest BCUT2D eigenvalue weighted by molar-refractivity contribution is -0.137. The molecule has 0 saturated heterocycles. The second-order valence-electron chi connectivity index (χ2n) is 4.59. The Balaban J connectivity index is 3.34. The minimum atomic E-state index is -3.79. The number of aliphatic carboxylic acids is 1. The normalized spacial score (nSPS) is 11.6. The van der Waals surface area contributed by atoms with Crippen molar-refractivity contribution in [2.45, 2.75) is 38.6 Å². The molecular formula is C13H19N3O4S. The number of hydrogen-bond donors (Lipinski definition) is 1. The van der Waals surface area contributed by atoms with Gasteiger partial charge in [0.25, 0.3) is 0 Å². The SMILES string of the molecule is C#CCN(CCC)S(=O)(=O)c1c(C)nn(CC(=O)O)c1C. The van der Waals surface area contributed by atoms with Gasteiger partial charge in [-0.2, -0.15) is 9.40 Å². The fourth-order valence-electron chi connectivity index (χ4n) is 2.10. The predicted octanol–water partition coefficient (Wildman–Crippen LogP) is 0.618. The summed E-state index contributed by atoms with van der Waals surface area (Å²) in [5.41, 5.74) is 0.569. The van der Waals surface area contributed by atoms with Gasteiger partial charge in [0.2, 0.25) is 10.0 Å². The van der Waals surface area contributed by atoms with Gasteiger partial charge in [-0.05, 0) is 20.3 Å². The van der Waals surface area contributed by atoms with Crippen molar-refractivity contribution < 1.29 is 18.3 Å². The first kappa shape index (κ1) is 17.2. The molecular weight excluding hydrogens is 294 g/mol. The molecule has 0 aromatic carbocycles. The Morgan fingerprint density at radius 2 is 2.10 bits per heavy atom. The van der Waals surface area contributed by atoms with Crippen LogP contribution in [0, 0.1) is 26.2 Å². The maximum absolute atomic E-state index is 12.7. The van der Waals surface area contributed by atoms with Crippen molar-refractivity contribution in [2.75, 3.05) is 13.1 Å². The van der Waals surface area contributed by atoms with Gasteiger partial charge in [-0.3, -0.25) is 9.48 Å². The summed E-state index contributed by atoms with van der Waals surface area (Å²) < 4.78 is 27.7. The third-order valence-corrected chi connectivity index (χ3v) is 5.04. The minimum Gasteiger partial charge on any atom is -0.480 e. The lowest BCUT2D eigenvalue weighted by Gasteiger charge is -2.19. The second kappa shape index (κ2) is 6.74. The molecule has 1 aromatic rings. The molecule has 1 heterocycles. The molecule has 7 nitrogen and oxygen atoms in total. The molecule has 1 aromatic heterocycles. The van der Waals surface area contributed by atoms with E-state index < -0.39 is 16.0 Å². The number of aryl methyl sites for hydroxylation is 1. The van der Waals surface area contributed by atoms with Crippen LogP contribution in [0.4, 0.5) is 0 Å². The van der Waals surface area contributed by atoms with E-state index >= 15 is 0 Å². The zero-order valence-electron chi connectivity index (χ0n) is 12.3. The molecule has 0 radical (unpaired) electrons. The van der Waals surface area contributed by atoms with E-state index in [4.69, 9.17) is 11.5 Å². The lowest BCUT2D eigenvalue weighted by atomic mass is 10.4. The highest BCUT2D eigenvalue weighted by Crippen LogP contribution is 2.23. The summed E-state index contributed by atoms with van der Waals surface area (Å²) in [5.74, 6) is 1.25. The Labute approximate surface area is 124 Å². The Morgan fingerprint density at radius 3 is 2.57 bits per heavy atom. The average Bonchev–Trinajstić information content (AvgIpc) is 2.63. The van der Waals surface area contributed by atoms with Crippen LogP contribution in [-0.2, 0) is 21.4 Å².